The van der Waals surface area contributed by atoms with Gasteiger partial charge in [0, 0.05) is 16.7 Å². The van der Waals surface area contributed by atoms with Gasteiger partial charge in [0.15, 0.2) is 0 Å². The normalized spacial score (nSPS) is 26.7. The molecular formula is C17H20INO2. The van der Waals surface area contributed by atoms with Crippen LogP contribution >= 0.6 is 22.6 Å². The van der Waals surface area contributed by atoms with Crippen LogP contribution in [-0.4, -0.2) is 21.5 Å². The summed E-state index contributed by atoms with van der Waals surface area (Å²) in [7, 11) is 0. The number of rotatable bonds is 2. The highest BCUT2D eigenvalue weighted by Gasteiger charge is 2.57. The highest BCUT2D eigenvalue weighted by atomic mass is 127. The first-order valence-corrected chi connectivity index (χ1v) is 8.38. The second kappa shape index (κ2) is 4.81. The number of benzene rings is 1. The molecule has 21 heavy (non-hydrogen) atoms. The summed E-state index contributed by atoms with van der Waals surface area (Å²) in [5.74, 6) is 0.313. The van der Waals surface area contributed by atoms with Crippen LogP contribution in [0.25, 0.3) is 0 Å². The van der Waals surface area contributed by atoms with Gasteiger partial charge in [-0.05, 0) is 62.1 Å². The highest BCUT2D eigenvalue weighted by molar-refractivity contribution is 14.1. The van der Waals surface area contributed by atoms with Gasteiger partial charge in [-0.15, -0.1) is 0 Å². The molecular weight excluding hydrogens is 377 g/mol. The summed E-state index contributed by atoms with van der Waals surface area (Å²) in [6.07, 6.45) is 2.10. The molecule has 2 aliphatic rings. The third-order valence-corrected chi connectivity index (χ3v) is 5.47. The number of amides is 1. The van der Waals surface area contributed by atoms with E-state index in [1.165, 1.54) is 0 Å². The smallest absolute Gasteiger partial charge is 0.254 e. The molecule has 4 heteroatoms. The lowest BCUT2D eigenvalue weighted by atomic mass is 9.96. The first-order chi connectivity index (χ1) is 9.78. The quantitative estimate of drug-likeness (QED) is 0.776. The minimum atomic E-state index is -1.34. The summed E-state index contributed by atoms with van der Waals surface area (Å²) >= 11 is 2.17. The molecule has 1 heterocycles. The van der Waals surface area contributed by atoms with Gasteiger partial charge >= 0.3 is 0 Å². The number of halogens is 1. The largest absolute Gasteiger partial charge is 0.363 e. The number of carbonyl (C=O) groups excluding carboxylic acids is 1. The monoisotopic (exact) mass is 397 g/mol. The Kier molecular flexibility index (Phi) is 3.44. The summed E-state index contributed by atoms with van der Waals surface area (Å²) in [6.45, 7) is 5.91. The van der Waals surface area contributed by atoms with E-state index in [2.05, 4.69) is 22.6 Å². The Bertz CT molecular complexity index is 613. The summed E-state index contributed by atoms with van der Waals surface area (Å²) in [5.41, 5.74) is -0.214. The first-order valence-electron chi connectivity index (χ1n) is 7.30. The summed E-state index contributed by atoms with van der Waals surface area (Å²) < 4.78 is 0.772. The third kappa shape index (κ3) is 2.23. The Morgan fingerprint density at radius 1 is 1.24 bits per heavy atom. The van der Waals surface area contributed by atoms with E-state index in [1.807, 2.05) is 51.1 Å². The zero-order valence-corrected chi connectivity index (χ0v) is 14.7. The maximum Gasteiger partial charge on any atom is 0.254 e. The van der Waals surface area contributed by atoms with Gasteiger partial charge in [0.25, 0.3) is 5.91 Å². The van der Waals surface area contributed by atoms with Crippen molar-refractivity contribution in [3.8, 4) is 0 Å². The molecule has 1 aliphatic heterocycles. The molecule has 1 aromatic rings. The van der Waals surface area contributed by atoms with Crippen molar-refractivity contribution in [3.05, 3.63) is 45.0 Å². The van der Waals surface area contributed by atoms with Crippen molar-refractivity contribution in [3.63, 3.8) is 0 Å². The first kappa shape index (κ1) is 15.0. The molecule has 1 fully saturated rings. The molecule has 0 radical (unpaired) electrons. The van der Waals surface area contributed by atoms with Crippen molar-refractivity contribution in [2.45, 2.75) is 44.9 Å². The second-order valence-electron chi connectivity index (χ2n) is 6.85. The van der Waals surface area contributed by atoms with Crippen LogP contribution in [-0.2, 0) is 10.5 Å². The van der Waals surface area contributed by atoms with Crippen LogP contribution in [0.3, 0.4) is 0 Å². The third-order valence-electron chi connectivity index (χ3n) is 4.13. The van der Waals surface area contributed by atoms with Crippen LogP contribution in [0.15, 0.2) is 39.5 Å². The van der Waals surface area contributed by atoms with Gasteiger partial charge in [0.1, 0.15) is 0 Å². The molecule has 0 bridgehead atoms. The standard InChI is InChI=1S/C17H20INO2/c1-16(2,3)19-15(20)13(11-9-10-11)14(18)17(19,21)12-7-5-4-6-8-12/h4-8,11,21H,9-10H2,1-3H3. The average molecular weight is 397 g/mol. The van der Waals surface area contributed by atoms with E-state index < -0.39 is 11.3 Å². The molecule has 0 saturated heterocycles. The molecule has 3 nitrogen and oxygen atoms in total. The lowest BCUT2D eigenvalue weighted by molar-refractivity contribution is -0.156. The number of carbonyl (C=O) groups is 1. The number of nitrogens with zero attached hydrogens (tertiary/aromatic N) is 1. The van der Waals surface area contributed by atoms with Crippen LogP contribution in [0.1, 0.15) is 39.2 Å². The maximum atomic E-state index is 12.9. The van der Waals surface area contributed by atoms with Crippen molar-refractivity contribution in [2.24, 2.45) is 5.92 Å². The molecule has 1 saturated carbocycles. The number of hydrogen-bond donors (Lipinski definition) is 1. The fourth-order valence-electron chi connectivity index (χ4n) is 3.09. The van der Waals surface area contributed by atoms with E-state index in [0.29, 0.717) is 5.92 Å². The Morgan fingerprint density at radius 2 is 1.81 bits per heavy atom. The zero-order valence-electron chi connectivity index (χ0n) is 12.6. The molecule has 0 spiro atoms. The van der Waals surface area contributed by atoms with Crippen LogP contribution in [0.2, 0.25) is 0 Å². The molecule has 1 unspecified atom stereocenters. The van der Waals surface area contributed by atoms with Gasteiger partial charge in [0.2, 0.25) is 5.72 Å². The van der Waals surface area contributed by atoms with Crippen molar-refractivity contribution >= 4 is 28.5 Å². The Labute approximate surface area is 139 Å². The van der Waals surface area contributed by atoms with Crippen molar-refractivity contribution < 1.29 is 9.90 Å². The van der Waals surface area contributed by atoms with Gasteiger partial charge in [-0.1, -0.05) is 30.3 Å². The predicted octanol–water partition coefficient (Wildman–Crippen LogP) is 3.57. The molecule has 0 aromatic heterocycles. The molecule has 1 atom stereocenters. The summed E-state index contributed by atoms with van der Waals surface area (Å²) in [6, 6.07) is 9.50. The maximum absolute atomic E-state index is 12.9. The molecule has 3 rings (SSSR count). The fraction of sp³-hybridized carbons (Fsp3) is 0.471. The minimum absolute atomic E-state index is 0.0132. The van der Waals surface area contributed by atoms with Gasteiger partial charge in [-0.25, -0.2) is 0 Å². The molecule has 1 amide bonds. The molecule has 112 valence electrons. The lowest BCUT2D eigenvalue weighted by Crippen LogP contribution is -2.54. The van der Waals surface area contributed by atoms with E-state index in [1.54, 1.807) is 4.90 Å². The van der Waals surface area contributed by atoms with Crippen LogP contribution in [0, 0.1) is 5.92 Å². The fourth-order valence-corrected chi connectivity index (χ4v) is 4.31. The Morgan fingerprint density at radius 3 is 2.29 bits per heavy atom. The van der Waals surface area contributed by atoms with Gasteiger partial charge in [0.05, 0.1) is 3.58 Å². The lowest BCUT2D eigenvalue weighted by Gasteiger charge is -2.43. The second-order valence-corrected chi connectivity index (χ2v) is 7.93. The summed E-state index contributed by atoms with van der Waals surface area (Å²) in [5, 5.41) is 11.5. The predicted molar refractivity (Wildman–Crippen MR) is 90.7 cm³/mol. The Hall–Kier alpha value is -0.880. The van der Waals surface area contributed by atoms with Gasteiger partial charge < -0.3 is 5.11 Å². The SMILES string of the molecule is CC(C)(C)N1C(=O)C(C2CC2)=C(I)C1(O)c1ccccc1. The van der Waals surface area contributed by atoms with E-state index in [4.69, 9.17) is 0 Å². The molecule has 1 aromatic carbocycles. The topological polar surface area (TPSA) is 40.5 Å². The zero-order chi connectivity index (χ0) is 15.4. The van der Waals surface area contributed by atoms with Crippen LogP contribution in [0.4, 0.5) is 0 Å². The van der Waals surface area contributed by atoms with Gasteiger partial charge in [-0.2, -0.15) is 0 Å². The summed E-state index contributed by atoms with van der Waals surface area (Å²) in [4.78, 5) is 14.6. The van der Waals surface area contributed by atoms with E-state index in [0.717, 1.165) is 27.6 Å². The Balaban J connectivity index is 2.20. The highest BCUT2D eigenvalue weighted by Crippen LogP contribution is 2.54. The van der Waals surface area contributed by atoms with Crippen molar-refractivity contribution in [1.82, 2.24) is 4.90 Å². The van der Waals surface area contributed by atoms with Crippen molar-refractivity contribution in [1.29, 1.82) is 0 Å². The van der Waals surface area contributed by atoms with Gasteiger partial charge in [-0.3, -0.25) is 9.69 Å². The van der Waals surface area contributed by atoms with Crippen molar-refractivity contribution in [2.75, 3.05) is 0 Å². The van der Waals surface area contributed by atoms with Crippen LogP contribution < -0.4 is 0 Å². The number of hydrogen-bond acceptors (Lipinski definition) is 2. The van der Waals surface area contributed by atoms with E-state index in [-0.39, 0.29) is 5.91 Å². The van der Waals surface area contributed by atoms with E-state index >= 15 is 0 Å². The van der Waals surface area contributed by atoms with Crippen LogP contribution in [0.5, 0.6) is 0 Å². The molecule has 1 aliphatic carbocycles. The van der Waals surface area contributed by atoms with E-state index in [9.17, 15) is 9.90 Å². The number of aliphatic hydroxyl groups is 1. The molecule has 1 N–H and O–H groups in total. The average Bonchev–Trinajstić information content (AvgIpc) is 3.19. The minimum Gasteiger partial charge on any atom is -0.363 e.